The zero-order valence-electron chi connectivity index (χ0n) is 10.5. The van der Waals surface area contributed by atoms with Crippen LogP contribution in [0.1, 0.15) is 11.6 Å². The third kappa shape index (κ3) is 2.68. The van der Waals surface area contributed by atoms with Crippen molar-refractivity contribution in [2.75, 3.05) is 5.32 Å². The van der Waals surface area contributed by atoms with E-state index in [1.54, 1.807) is 30.3 Å². The average molecular weight is 344 g/mol. The number of fused-ring (bicyclic) bond motifs is 1. The maximum absolute atomic E-state index is 11.5. The number of carbonyl (C=O) groups excluding carboxylic acids is 1. The molecule has 0 aromatic heterocycles. The highest BCUT2D eigenvalue weighted by atomic mass is 35.5. The van der Waals surface area contributed by atoms with Crippen molar-refractivity contribution in [1.29, 1.82) is 0 Å². The summed E-state index contributed by atoms with van der Waals surface area (Å²) in [7, 11) is 0. The third-order valence-corrected chi connectivity index (χ3v) is 4.13. The van der Waals surface area contributed by atoms with Gasteiger partial charge in [-0.25, -0.2) is 0 Å². The van der Waals surface area contributed by atoms with Gasteiger partial charge in [0, 0.05) is 23.4 Å². The predicted octanol–water partition coefficient (Wildman–Crippen LogP) is 4.39. The van der Waals surface area contributed by atoms with Gasteiger partial charge in [0.25, 0.3) is 0 Å². The minimum atomic E-state index is -0.712. The lowest BCUT2D eigenvalue weighted by Gasteiger charge is -2.11. The molecule has 2 aromatic carbocycles. The molecule has 0 radical (unpaired) electrons. The zero-order valence-corrected chi connectivity index (χ0v) is 12.8. The molecule has 21 heavy (non-hydrogen) atoms. The summed E-state index contributed by atoms with van der Waals surface area (Å²) in [5.74, 6) is 0.607. The first-order valence-corrected chi connectivity index (χ1v) is 7.12. The van der Waals surface area contributed by atoms with E-state index in [1.807, 2.05) is 0 Å². The van der Waals surface area contributed by atoms with E-state index >= 15 is 0 Å². The highest BCUT2D eigenvalue weighted by molar-refractivity contribution is 6.42. The quantitative estimate of drug-likeness (QED) is 0.850. The zero-order chi connectivity index (χ0) is 15.1. The summed E-state index contributed by atoms with van der Waals surface area (Å²) in [4.78, 5) is 11.5. The third-order valence-electron chi connectivity index (χ3n) is 3.10. The maximum Gasteiger partial charge on any atom is 0.245 e. The highest BCUT2D eigenvalue weighted by Crippen LogP contribution is 2.40. The van der Waals surface area contributed by atoms with E-state index in [4.69, 9.17) is 45.3 Å². The maximum atomic E-state index is 11.5. The van der Waals surface area contributed by atoms with Crippen LogP contribution in [0.2, 0.25) is 15.1 Å². The molecule has 0 aliphatic carbocycles. The SMILES string of the molecule is NC1C(=O)Nc2cc(Oc3ccc(Cl)c(Cl)c3)c(Cl)cc21. The molecule has 1 amide bonds. The minimum absolute atomic E-state index is 0.271. The summed E-state index contributed by atoms with van der Waals surface area (Å²) in [6.45, 7) is 0. The van der Waals surface area contributed by atoms with E-state index in [2.05, 4.69) is 5.32 Å². The fourth-order valence-corrected chi connectivity index (χ4v) is 2.53. The summed E-state index contributed by atoms with van der Waals surface area (Å²) < 4.78 is 5.67. The van der Waals surface area contributed by atoms with Gasteiger partial charge in [0.05, 0.1) is 15.1 Å². The molecule has 4 nitrogen and oxygen atoms in total. The molecular formula is C14H9Cl3N2O2. The first-order chi connectivity index (χ1) is 9.95. The smallest absolute Gasteiger partial charge is 0.245 e. The van der Waals surface area contributed by atoms with Crippen LogP contribution in [0.4, 0.5) is 5.69 Å². The number of rotatable bonds is 2. The van der Waals surface area contributed by atoms with E-state index < -0.39 is 6.04 Å². The lowest BCUT2D eigenvalue weighted by molar-refractivity contribution is -0.116. The number of hydrogen-bond donors (Lipinski definition) is 2. The summed E-state index contributed by atoms with van der Waals surface area (Å²) in [5.41, 5.74) is 6.99. The van der Waals surface area contributed by atoms with Crippen molar-refractivity contribution in [3.63, 3.8) is 0 Å². The summed E-state index contributed by atoms with van der Waals surface area (Å²) in [5, 5.41) is 3.83. The van der Waals surface area contributed by atoms with Gasteiger partial charge in [0.1, 0.15) is 17.5 Å². The first-order valence-electron chi connectivity index (χ1n) is 5.98. The molecule has 3 rings (SSSR count). The molecule has 2 aromatic rings. The largest absolute Gasteiger partial charge is 0.456 e. The van der Waals surface area contributed by atoms with Gasteiger partial charge in [-0.2, -0.15) is 0 Å². The monoisotopic (exact) mass is 342 g/mol. The Morgan fingerprint density at radius 1 is 1.05 bits per heavy atom. The molecule has 1 heterocycles. The fraction of sp³-hybridized carbons (Fsp3) is 0.0714. The number of benzene rings is 2. The van der Waals surface area contributed by atoms with Gasteiger partial charge in [0.2, 0.25) is 5.91 Å². The molecule has 1 aliphatic rings. The predicted molar refractivity (Wildman–Crippen MR) is 83.5 cm³/mol. The van der Waals surface area contributed by atoms with Crippen molar-refractivity contribution < 1.29 is 9.53 Å². The Morgan fingerprint density at radius 3 is 2.52 bits per heavy atom. The highest BCUT2D eigenvalue weighted by Gasteiger charge is 2.28. The summed E-state index contributed by atoms with van der Waals surface area (Å²) in [6, 6.07) is 7.41. The number of hydrogen-bond acceptors (Lipinski definition) is 3. The Balaban J connectivity index is 1.95. The van der Waals surface area contributed by atoms with Crippen LogP contribution >= 0.6 is 34.8 Å². The number of nitrogens with one attached hydrogen (secondary N) is 1. The van der Waals surface area contributed by atoms with Crippen LogP contribution in [0.25, 0.3) is 0 Å². The van der Waals surface area contributed by atoms with E-state index in [9.17, 15) is 4.79 Å². The van der Waals surface area contributed by atoms with Crippen molar-refractivity contribution in [3.05, 3.63) is 51.0 Å². The second-order valence-electron chi connectivity index (χ2n) is 4.51. The lowest BCUT2D eigenvalue weighted by Crippen LogP contribution is -2.19. The second-order valence-corrected chi connectivity index (χ2v) is 5.74. The number of nitrogens with two attached hydrogens (primary N) is 1. The van der Waals surface area contributed by atoms with Gasteiger partial charge in [-0.1, -0.05) is 34.8 Å². The topological polar surface area (TPSA) is 64.4 Å². The number of halogens is 3. The van der Waals surface area contributed by atoms with Crippen LogP contribution in [-0.4, -0.2) is 5.91 Å². The molecule has 1 atom stereocenters. The minimum Gasteiger partial charge on any atom is -0.456 e. The average Bonchev–Trinajstić information content (AvgIpc) is 2.70. The van der Waals surface area contributed by atoms with Gasteiger partial charge in [-0.15, -0.1) is 0 Å². The Hall–Kier alpha value is -1.46. The second kappa shape index (κ2) is 5.39. The molecule has 0 fully saturated rings. The van der Waals surface area contributed by atoms with Crippen LogP contribution in [0.5, 0.6) is 11.5 Å². The molecule has 3 N–H and O–H groups in total. The van der Waals surface area contributed by atoms with E-state index in [0.717, 1.165) is 0 Å². The number of ether oxygens (including phenoxy) is 1. The molecule has 1 aliphatic heterocycles. The van der Waals surface area contributed by atoms with E-state index in [1.165, 1.54) is 0 Å². The Morgan fingerprint density at radius 2 is 1.81 bits per heavy atom. The van der Waals surface area contributed by atoms with Crippen LogP contribution in [0.3, 0.4) is 0 Å². The van der Waals surface area contributed by atoms with Gasteiger partial charge >= 0.3 is 0 Å². The van der Waals surface area contributed by atoms with Crippen molar-refractivity contribution in [2.24, 2.45) is 5.73 Å². The Bertz CT molecular complexity index is 749. The first kappa shape index (κ1) is 14.5. The lowest BCUT2D eigenvalue weighted by atomic mass is 10.1. The van der Waals surface area contributed by atoms with Crippen molar-refractivity contribution in [3.8, 4) is 11.5 Å². The van der Waals surface area contributed by atoms with Crippen molar-refractivity contribution >= 4 is 46.4 Å². The molecule has 0 saturated heterocycles. The standard InChI is InChI=1S/C14H9Cl3N2O2/c15-8-2-1-6(3-9(8)16)21-12-5-11-7(4-10(12)17)13(18)14(20)19-11/h1-5,13H,18H2,(H,19,20). The van der Waals surface area contributed by atoms with Gasteiger partial charge < -0.3 is 15.8 Å². The van der Waals surface area contributed by atoms with Crippen LogP contribution < -0.4 is 15.8 Å². The number of anilines is 1. The molecule has 7 heteroatoms. The summed E-state index contributed by atoms with van der Waals surface area (Å²) in [6.07, 6.45) is 0. The van der Waals surface area contributed by atoms with Gasteiger partial charge in [-0.05, 0) is 18.2 Å². The Labute approximate surface area is 135 Å². The van der Waals surface area contributed by atoms with Crippen molar-refractivity contribution in [1.82, 2.24) is 0 Å². The van der Waals surface area contributed by atoms with Crippen LogP contribution in [0.15, 0.2) is 30.3 Å². The number of amides is 1. The number of carbonyl (C=O) groups is 1. The normalized spacial score (nSPS) is 16.6. The molecule has 108 valence electrons. The molecule has 1 unspecified atom stereocenters. The molecule has 0 spiro atoms. The van der Waals surface area contributed by atoms with E-state index in [0.29, 0.717) is 37.8 Å². The van der Waals surface area contributed by atoms with Gasteiger partial charge in [-0.3, -0.25) is 4.79 Å². The molecular weight excluding hydrogens is 335 g/mol. The molecule has 0 bridgehead atoms. The summed E-state index contributed by atoms with van der Waals surface area (Å²) >= 11 is 17.9. The molecule has 0 saturated carbocycles. The van der Waals surface area contributed by atoms with Crippen LogP contribution in [0, 0.1) is 0 Å². The van der Waals surface area contributed by atoms with Crippen molar-refractivity contribution in [2.45, 2.75) is 6.04 Å². The van der Waals surface area contributed by atoms with E-state index in [-0.39, 0.29) is 5.91 Å². The fourth-order valence-electron chi connectivity index (χ4n) is 2.03. The van der Waals surface area contributed by atoms with Crippen LogP contribution in [-0.2, 0) is 4.79 Å². The van der Waals surface area contributed by atoms with Gasteiger partial charge in [0.15, 0.2) is 0 Å². The Kier molecular flexibility index (Phi) is 3.71.